The van der Waals surface area contributed by atoms with Crippen molar-refractivity contribution in [3.8, 4) is 0 Å². The van der Waals surface area contributed by atoms with Crippen molar-refractivity contribution in [1.29, 1.82) is 0 Å². The summed E-state index contributed by atoms with van der Waals surface area (Å²) in [6.07, 6.45) is 9.32. The van der Waals surface area contributed by atoms with Gasteiger partial charge in [-0.25, -0.2) is 4.99 Å². The Hall–Kier alpha value is -2.65. The van der Waals surface area contributed by atoms with Crippen LogP contribution in [0.3, 0.4) is 0 Å². The predicted octanol–water partition coefficient (Wildman–Crippen LogP) is 7.51. The molecule has 0 radical (unpaired) electrons. The van der Waals surface area contributed by atoms with E-state index < -0.39 is 0 Å². The first-order valence-electron chi connectivity index (χ1n) is 10.1. The van der Waals surface area contributed by atoms with E-state index in [1.54, 1.807) is 11.8 Å². The third-order valence-electron chi connectivity index (χ3n) is 4.44. The van der Waals surface area contributed by atoms with Crippen LogP contribution in [0.4, 0.5) is 0 Å². The second kappa shape index (κ2) is 11.4. The Kier molecular flexibility index (Phi) is 8.88. The second-order valence-electron chi connectivity index (χ2n) is 6.28. The average molecular weight is 403 g/mol. The second-order valence-corrected chi connectivity index (χ2v) is 7.12. The number of pyridine rings is 1. The zero-order valence-electron chi connectivity index (χ0n) is 18.1. The molecule has 2 aromatic rings. The molecule has 0 saturated carbocycles. The van der Waals surface area contributed by atoms with Crippen LogP contribution in [0.25, 0.3) is 11.3 Å². The summed E-state index contributed by atoms with van der Waals surface area (Å²) < 4.78 is 0. The summed E-state index contributed by atoms with van der Waals surface area (Å²) >= 11 is 1.75. The fraction of sp³-hybridized carbons (Fsp3) is 0.231. The molecule has 1 aromatic heterocycles. The van der Waals surface area contributed by atoms with Crippen molar-refractivity contribution >= 4 is 28.7 Å². The van der Waals surface area contributed by atoms with Crippen molar-refractivity contribution < 1.29 is 0 Å². The molecular formula is C26H30N2S. The van der Waals surface area contributed by atoms with Crippen molar-refractivity contribution in [2.75, 3.05) is 6.26 Å². The van der Waals surface area contributed by atoms with Gasteiger partial charge < -0.3 is 0 Å². The first-order valence-corrected chi connectivity index (χ1v) is 11.3. The van der Waals surface area contributed by atoms with Crippen LogP contribution in [0.2, 0.25) is 0 Å². The smallest absolute Gasteiger partial charge is 0.0883 e. The molecule has 0 fully saturated rings. The number of nitrogens with zero attached hydrogens (tertiary/aromatic N) is 2. The molecule has 1 aliphatic carbocycles. The number of allylic oxidation sites excluding steroid dienone is 5. The van der Waals surface area contributed by atoms with Crippen LogP contribution in [0.1, 0.15) is 44.1 Å². The molecule has 150 valence electrons. The van der Waals surface area contributed by atoms with E-state index in [1.807, 2.05) is 45.0 Å². The Balaban J connectivity index is 0.00000145. The van der Waals surface area contributed by atoms with E-state index in [1.165, 1.54) is 21.6 Å². The molecule has 0 amide bonds. The minimum atomic E-state index is 0.682. The van der Waals surface area contributed by atoms with Gasteiger partial charge in [0.1, 0.15) is 0 Å². The van der Waals surface area contributed by atoms with Crippen LogP contribution < -0.4 is 0 Å². The van der Waals surface area contributed by atoms with Crippen LogP contribution >= 0.6 is 11.8 Å². The molecule has 0 saturated heterocycles. The van der Waals surface area contributed by atoms with Gasteiger partial charge in [-0.1, -0.05) is 69.8 Å². The van der Waals surface area contributed by atoms with Crippen LogP contribution in [0.15, 0.2) is 88.8 Å². The van der Waals surface area contributed by atoms with Gasteiger partial charge in [-0.05, 0) is 55.0 Å². The van der Waals surface area contributed by atoms with Crippen molar-refractivity contribution in [2.45, 2.75) is 34.1 Å². The SMILES string of the molecule is C=C(N=C1C=CC=C(SC)/C1=C(/CC)c1ccccc1)c1cccc(C)n1.CC. The maximum atomic E-state index is 4.88. The van der Waals surface area contributed by atoms with Gasteiger partial charge in [-0.3, -0.25) is 4.98 Å². The number of aromatic nitrogens is 1. The topological polar surface area (TPSA) is 25.2 Å². The summed E-state index contributed by atoms with van der Waals surface area (Å²) in [5, 5.41) is 0. The van der Waals surface area contributed by atoms with Crippen molar-refractivity contribution in [2.24, 2.45) is 4.99 Å². The van der Waals surface area contributed by atoms with E-state index in [2.05, 4.69) is 67.2 Å². The van der Waals surface area contributed by atoms with Gasteiger partial charge in [0.2, 0.25) is 0 Å². The quantitative estimate of drug-likeness (QED) is 0.517. The molecule has 1 aromatic carbocycles. The van der Waals surface area contributed by atoms with E-state index in [0.29, 0.717) is 5.70 Å². The molecule has 1 aliphatic rings. The highest BCUT2D eigenvalue weighted by molar-refractivity contribution is 8.02. The number of rotatable bonds is 5. The molecule has 0 bridgehead atoms. The highest BCUT2D eigenvalue weighted by Gasteiger charge is 2.19. The van der Waals surface area contributed by atoms with Crippen LogP contribution in [-0.4, -0.2) is 17.0 Å². The third kappa shape index (κ3) is 5.68. The highest BCUT2D eigenvalue weighted by Crippen LogP contribution is 2.35. The fourth-order valence-corrected chi connectivity index (χ4v) is 3.80. The molecule has 2 nitrogen and oxygen atoms in total. The zero-order chi connectivity index (χ0) is 21.2. The predicted molar refractivity (Wildman–Crippen MR) is 131 cm³/mol. The van der Waals surface area contributed by atoms with E-state index in [9.17, 15) is 0 Å². The molecule has 0 unspecified atom stereocenters. The normalized spacial score (nSPS) is 16.0. The fourth-order valence-electron chi connectivity index (χ4n) is 3.16. The molecule has 3 heteroatoms. The minimum Gasteiger partial charge on any atom is -0.252 e. The standard InChI is InChI=1S/C24H24N2S.C2H6/c1-5-20(19-12-7-6-8-13-19)24-22(15-10-16-23(24)27-4)26-18(3)21-14-9-11-17(2)25-21;1-2/h6-16H,3,5H2,1-2,4H3;1-2H3/b24-20-,26-22?;. The number of hydrogen-bond donors (Lipinski definition) is 0. The average Bonchev–Trinajstić information content (AvgIpc) is 2.77. The molecule has 0 atom stereocenters. The lowest BCUT2D eigenvalue weighted by atomic mass is 9.92. The Morgan fingerprint density at radius 1 is 1.07 bits per heavy atom. The van der Waals surface area contributed by atoms with E-state index in [-0.39, 0.29) is 0 Å². The summed E-state index contributed by atoms with van der Waals surface area (Å²) in [4.78, 5) is 10.7. The maximum Gasteiger partial charge on any atom is 0.0883 e. The first kappa shape index (κ1) is 22.6. The van der Waals surface area contributed by atoms with Gasteiger partial charge >= 0.3 is 0 Å². The van der Waals surface area contributed by atoms with Gasteiger partial charge in [0.25, 0.3) is 0 Å². The van der Waals surface area contributed by atoms with Crippen molar-refractivity contribution in [3.63, 3.8) is 0 Å². The number of benzene rings is 1. The van der Waals surface area contributed by atoms with Crippen molar-refractivity contribution in [3.05, 3.63) is 101 Å². The van der Waals surface area contributed by atoms with Gasteiger partial charge in [-0.2, -0.15) is 0 Å². The third-order valence-corrected chi connectivity index (χ3v) is 5.22. The number of aryl methyl sites for hydroxylation is 1. The lowest BCUT2D eigenvalue weighted by Gasteiger charge is -2.20. The molecule has 3 rings (SSSR count). The number of hydrogen-bond acceptors (Lipinski definition) is 3. The number of thioether (sulfide) groups is 1. The largest absolute Gasteiger partial charge is 0.252 e. The monoisotopic (exact) mass is 402 g/mol. The van der Waals surface area contributed by atoms with E-state index in [4.69, 9.17) is 4.99 Å². The molecule has 0 N–H and O–H groups in total. The van der Waals surface area contributed by atoms with Gasteiger partial charge in [0, 0.05) is 16.2 Å². The van der Waals surface area contributed by atoms with Crippen molar-refractivity contribution in [1.82, 2.24) is 4.98 Å². The van der Waals surface area contributed by atoms with Gasteiger partial charge in [-0.15, -0.1) is 11.8 Å². The molecule has 0 spiro atoms. The van der Waals surface area contributed by atoms with Crippen LogP contribution in [0, 0.1) is 6.92 Å². The highest BCUT2D eigenvalue weighted by atomic mass is 32.2. The summed E-state index contributed by atoms with van der Waals surface area (Å²) in [5.74, 6) is 0. The van der Waals surface area contributed by atoms with E-state index >= 15 is 0 Å². The summed E-state index contributed by atoms with van der Waals surface area (Å²) in [6, 6.07) is 16.5. The molecule has 29 heavy (non-hydrogen) atoms. The number of aliphatic imine (C=N–C) groups is 1. The van der Waals surface area contributed by atoms with Gasteiger partial charge in [0.05, 0.1) is 17.1 Å². The Morgan fingerprint density at radius 3 is 2.41 bits per heavy atom. The lowest BCUT2D eigenvalue weighted by molar-refractivity contribution is 1.16. The Bertz CT molecular complexity index is 963. The molecule has 1 heterocycles. The summed E-state index contributed by atoms with van der Waals surface area (Å²) in [7, 11) is 0. The lowest BCUT2D eigenvalue weighted by Crippen LogP contribution is -2.08. The van der Waals surface area contributed by atoms with Crippen LogP contribution in [0.5, 0.6) is 0 Å². The zero-order valence-corrected chi connectivity index (χ0v) is 18.9. The molecular weight excluding hydrogens is 372 g/mol. The van der Waals surface area contributed by atoms with E-state index in [0.717, 1.165) is 23.5 Å². The summed E-state index contributed by atoms with van der Waals surface area (Å²) in [5.41, 5.74) is 7.12. The van der Waals surface area contributed by atoms with Crippen LogP contribution in [-0.2, 0) is 0 Å². The minimum absolute atomic E-state index is 0.682. The summed E-state index contributed by atoms with van der Waals surface area (Å²) in [6.45, 7) is 12.3. The maximum absolute atomic E-state index is 4.88. The Morgan fingerprint density at radius 2 is 1.79 bits per heavy atom. The Labute approximate surface area is 179 Å². The first-order chi connectivity index (χ1) is 14.1. The van der Waals surface area contributed by atoms with Gasteiger partial charge in [0.15, 0.2) is 0 Å². The molecule has 0 aliphatic heterocycles.